The van der Waals surface area contributed by atoms with Gasteiger partial charge in [0.25, 0.3) is 0 Å². The van der Waals surface area contributed by atoms with Crippen molar-refractivity contribution in [3.8, 4) is 5.75 Å². The Balaban J connectivity index is 1.62. The van der Waals surface area contributed by atoms with Gasteiger partial charge in [-0.05, 0) is 61.5 Å². The molecule has 2 fully saturated rings. The third kappa shape index (κ3) is 2.84. The van der Waals surface area contributed by atoms with Crippen LogP contribution in [0, 0.1) is 17.8 Å². The first-order valence-corrected chi connectivity index (χ1v) is 7.88. The lowest BCUT2D eigenvalue weighted by molar-refractivity contribution is 0.276. The molecule has 1 aromatic rings. The van der Waals surface area contributed by atoms with Crippen LogP contribution in [0.4, 0.5) is 0 Å². The molecule has 0 saturated heterocycles. The number of fused-ring (bicyclic) bond motifs is 2. The second-order valence-electron chi connectivity index (χ2n) is 6.55. The Bertz CT molecular complexity index is 448. The Kier molecular flexibility index (Phi) is 4.27. The molecule has 3 N–H and O–H groups in total. The van der Waals surface area contributed by atoms with Crippen LogP contribution in [0.3, 0.4) is 0 Å². The molecule has 3 nitrogen and oxygen atoms in total. The van der Waals surface area contributed by atoms with Crippen LogP contribution in [0.2, 0.25) is 0 Å². The largest absolute Gasteiger partial charge is 0.496 e. The molecule has 0 spiro atoms. The summed E-state index contributed by atoms with van der Waals surface area (Å²) < 4.78 is 5.44. The molecule has 20 heavy (non-hydrogen) atoms. The molecule has 0 heterocycles. The molecule has 3 rings (SSSR count). The average Bonchev–Trinajstić information content (AvgIpc) is 3.09. The van der Waals surface area contributed by atoms with E-state index >= 15 is 0 Å². The fraction of sp³-hybridized carbons (Fsp3) is 0.647. The van der Waals surface area contributed by atoms with Gasteiger partial charge in [-0.15, -0.1) is 0 Å². The first kappa shape index (κ1) is 13.9. The quantitative estimate of drug-likeness (QED) is 0.619. The van der Waals surface area contributed by atoms with E-state index in [1.807, 2.05) is 12.1 Å². The highest BCUT2D eigenvalue weighted by Gasteiger charge is 2.40. The van der Waals surface area contributed by atoms with E-state index in [2.05, 4.69) is 17.6 Å². The number of nitrogens with two attached hydrogens (primary N) is 1. The fourth-order valence-electron chi connectivity index (χ4n) is 4.38. The van der Waals surface area contributed by atoms with Gasteiger partial charge in [0.05, 0.1) is 7.11 Å². The first-order valence-electron chi connectivity index (χ1n) is 7.88. The molecule has 2 aliphatic carbocycles. The van der Waals surface area contributed by atoms with Crippen molar-refractivity contribution >= 4 is 0 Å². The molecular weight excluding hydrogens is 248 g/mol. The van der Waals surface area contributed by atoms with E-state index in [1.54, 1.807) is 7.11 Å². The SMILES string of the molecule is COc1ccccc1CC(CC1CC2CCC1C2)NN. The number of hydrazine groups is 1. The Labute approximate surface area is 121 Å². The van der Waals surface area contributed by atoms with E-state index in [1.165, 1.54) is 37.7 Å². The van der Waals surface area contributed by atoms with Gasteiger partial charge < -0.3 is 4.74 Å². The summed E-state index contributed by atoms with van der Waals surface area (Å²) in [5, 5.41) is 0. The first-order chi connectivity index (χ1) is 9.80. The number of hydrogen-bond donors (Lipinski definition) is 2. The standard InChI is InChI=1S/C17H26N2O/c1-20-17-5-3-2-4-14(17)10-16(19-18)11-15-9-12-6-7-13(15)8-12/h2-5,12-13,15-16,19H,6-11,18H2,1H3. The zero-order valence-corrected chi connectivity index (χ0v) is 12.3. The van der Waals surface area contributed by atoms with Gasteiger partial charge in [0.1, 0.15) is 5.75 Å². The number of hydrogen-bond acceptors (Lipinski definition) is 3. The highest BCUT2D eigenvalue weighted by Crippen LogP contribution is 2.50. The molecule has 1 aromatic carbocycles. The molecule has 0 aromatic heterocycles. The van der Waals surface area contributed by atoms with Crippen LogP contribution in [0.5, 0.6) is 5.75 Å². The van der Waals surface area contributed by atoms with E-state index in [9.17, 15) is 0 Å². The van der Waals surface area contributed by atoms with E-state index in [4.69, 9.17) is 10.6 Å². The maximum absolute atomic E-state index is 5.80. The Hall–Kier alpha value is -1.06. The number of rotatable bonds is 6. The van der Waals surface area contributed by atoms with Gasteiger partial charge in [-0.3, -0.25) is 11.3 Å². The molecular formula is C17H26N2O. The molecule has 0 amide bonds. The molecule has 110 valence electrons. The number of nitrogens with one attached hydrogen (secondary N) is 1. The normalized spacial score (nSPS) is 29.6. The van der Waals surface area contributed by atoms with E-state index < -0.39 is 0 Å². The van der Waals surface area contributed by atoms with Crippen LogP contribution < -0.4 is 16.0 Å². The highest BCUT2D eigenvalue weighted by molar-refractivity contribution is 5.33. The summed E-state index contributed by atoms with van der Waals surface area (Å²) in [6.07, 6.45) is 7.96. The van der Waals surface area contributed by atoms with Crippen molar-refractivity contribution in [2.75, 3.05) is 7.11 Å². The molecule has 4 unspecified atom stereocenters. The smallest absolute Gasteiger partial charge is 0.122 e. The summed E-state index contributed by atoms with van der Waals surface area (Å²) in [6, 6.07) is 8.62. The van der Waals surface area contributed by atoms with E-state index in [-0.39, 0.29) is 0 Å². The van der Waals surface area contributed by atoms with Crippen LogP contribution in [0.15, 0.2) is 24.3 Å². The summed E-state index contributed by atoms with van der Waals surface area (Å²) in [4.78, 5) is 0. The second-order valence-corrected chi connectivity index (χ2v) is 6.55. The summed E-state index contributed by atoms with van der Waals surface area (Å²) >= 11 is 0. The van der Waals surface area contributed by atoms with Gasteiger partial charge in [0.2, 0.25) is 0 Å². The summed E-state index contributed by atoms with van der Waals surface area (Å²) in [7, 11) is 1.74. The number of ether oxygens (including phenoxy) is 1. The fourth-order valence-corrected chi connectivity index (χ4v) is 4.38. The predicted octanol–water partition coefficient (Wildman–Crippen LogP) is 2.90. The van der Waals surface area contributed by atoms with Crippen molar-refractivity contribution in [3.05, 3.63) is 29.8 Å². The lowest BCUT2D eigenvalue weighted by Gasteiger charge is -2.26. The van der Waals surface area contributed by atoms with Crippen molar-refractivity contribution in [1.82, 2.24) is 5.43 Å². The van der Waals surface area contributed by atoms with E-state index in [0.29, 0.717) is 6.04 Å². The van der Waals surface area contributed by atoms with Gasteiger partial charge in [0.15, 0.2) is 0 Å². The molecule has 2 bridgehead atoms. The minimum absolute atomic E-state index is 0.357. The van der Waals surface area contributed by atoms with Gasteiger partial charge >= 0.3 is 0 Å². The molecule has 0 radical (unpaired) electrons. The Morgan fingerprint density at radius 1 is 1.30 bits per heavy atom. The van der Waals surface area contributed by atoms with Crippen molar-refractivity contribution in [1.29, 1.82) is 0 Å². The maximum Gasteiger partial charge on any atom is 0.122 e. The van der Waals surface area contributed by atoms with Gasteiger partial charge in [-0.1, -0.05) is 24.6 Å². The van der Waals surface area contributed by atoms with Crippen molar-refractivity contribution in [2.24, 2.45) is 23.6 Å². The van der Waals surface area contributed by atoms with Crippen molar-refractivity contribution in [3.63, 3.8) is 0 Å². The summed E-state index contributed by atoms with van der Waals surface area (Å²) in [5.74, 6) is 9.62. The summed E-state index contributed by atoms with van der Waals surface area (Å²) in [5.41, 5.74) is 4.28. The molecule has 4 atom stereocenters. The minimum atomic E-state index is 0.357. The highest BCUT2D eigenvalue weighted by atomic mass is 16.5. The number of methoxy groups -OCH3 is 1. The third-order valence-corrected chi connectivity index (χ3v) is 5.37. The molecule has 0 aliphatic heterocycles. The van der Waals surface area contributed by atoms with E-state index in [0.717, 1.165) is 29.9 Å². The van der Waals surface area contributed by atoms with Crippen LogP contribution in [0.1, 0.15) is 37.7 Å². The van der Waals surface area contributed by atoms with Crippen LogP contribution in [0.25, 0.3) is 0 Å². The lowest BCUT2D eigenvalue weighted by atomic mass is 9.83. The predicted molar refractivity (Wildman–Crippen MR) is 81.4 cm³/mol. The minimum Gasteiger partial charge on any atom is -0.496 e. The average molecular weight is 274 g/mol. The summed E-state index contributed by atoms with van der Waals surface area (Å²) in [6.45, 7) is 0. The maximum atomic E-state index is 5.80. The van der Waals surface area contributed by atoms with Gasteiger partial charge in [-0.2, -0.15) is 0 Å². The van der Waals surface area contributed by atoms with Crippen molar-refractivity contribution in [2.45, 2.75) is 44.6 Å². The van der Waals surface area contributed by atoms with Crippen molar-refractivity contribution < 1.29 is 4.74 Å². The molecule has 2 aliphatic rings. The zero-order chi connectivity index (χ0) is 13.9. The van der Waals surface area contributed by atoms with Gasteiger partial charge in [0, 0.05) is 6.04 Å². The molecule has 3 heteroatoms. The Morgan fingerprint density at radius 2 is 2.15 bits per heavy atom. The topological polar surface area (TPSA) is 47.3 Å². The third-order valence-electron chi connectivity index (χ3n) is 5.37. The number of para-hydroxylation sites is 1. The van der Waals surface area contributed by atoms with Crippen LogP contribution >= 0.6 is 0 Å². The zero-order valence-electron chi connectivity index (χ0n) is 12.3. The Morgan fingerprint density at radius 3 is 2.80 bits per heavy atom. The molecule has 2 saturated carbocycles. The lowest BCUT2D eigenvalue weighted by Crippen LogP contribution is -2.39. The van der Waals surface area contributed by atoms with Crippen LogP contribution in [-0.2, 0) is 6.42 Å². The number of benzene rings is 1. The second kappa shape index (κ2) is 6.15. The van der Waals surface area contributed by atoms with Gasteiger partial charge in [-0.25, -0.2) is 0 Å². The van der Waals surface area contributed by atoms with Crippen LogP contribution in [-0.4, -0.2) is 13.2 Å². The monoisotopic (exact) mass is 274 g/mol.